The van der Waals surface area contributed by atoms with Crippen LogP contribution in [0.3, 0.4) is 0 Å². The van der Waals surface area contributed by atoms with Gasteiger partial charge in [0.1, 0.15) is 0 Å². The summed E-state index contributed by atoms with van der Waals surface area (Å²) in [4.78, 5) is 4.87. The monoisotopic (exact) mass is 326 g/mol. The van der Waals surface area contributed by atoms with E-state index in [2.05, 4.69) is 45.4 Å². The normalized spacial score (nSPS) is 16.5. The molecular formula is C13H21Cl3N2O. The van der Waals surface area contributed by atoms with Gasteiger partial charge in [-0.3, -0.25) is 9.19 Å². The number of nitrogens with zero attached hydrogens (tertiary/aromatic N) is 2. The summed E-state index contributed by atoms with van der Waals surface area (Å²) >= 11 is 5.23. The molecule has 0 amide bonds. The first-order valence-corrected chi connectivity index (χ1v) is 6.31. The lowest BCUT2D eigenvalue weighted by molar-refractivity contribution is 0.148. The highest BCUT2D eigenvalue weighted by Crippen LogP contribution is 2.10. The second-order valence-electron chi connectivity index (χ2n) is 4.65. The van der Waals surface area contributed by atoms with Crippen LogP contribution in [0.2, 0.25) is 0 Å². The zero-order valence-electron chi connectivity index (χ0n) is 11.0. The Morgan fingerprint density at radius 1 is 1.00 bits per heavy atom. The van der Waals surface area contributed by atoms with E-state index in [1.807, 2.05) is 0 Å². The van der Waals surface area contributed by atoms with Gasteiger partial charge in [0.2, 0.25) is 0 Å². The highest BCUT2D eigenvalue weighted by atomic mass is 35.5. The van der Waals surface area contributed by atoms with Crippen molar-refractivity contribution in [3.8, 4) is 0 Å². The van der Waals surface area contributed by atoms with Gasteiger partial charge in [-0.15, -0.1) is 24.8 Å². The molecule has 2 rings (SSSR count). The lowest BCUT2D eigenvalue weighted by atomic mass is 10.1. The van der Waals surface area contributed by atoms with Crippen LogP contribution in [0.5, 0.6) is 0 Å². The first kappa shape index (κ1) is 19.0. The van der Waals surface area contributed by atoms with Crippen LogP contribution >= 0.6 is 36.7 Å². The van der Waals surface area contributed by atoms with E-state index in [4.69, 9.17) is 11.9 Å². The molecule has 0 bridgehead atoms. The molecule has 110 valence electrons. The molecule has 1 heterocycles. The Balaban J connectivity index is 0.00000162. The van der Waals surface area contributed by atoms with Crippen molar-refractivity contribution in [2.75, 3.05) is 33.2 Å². The SMILES string of the molecule is CN1CCN(Cc2ccc(COCl)cc2)CC1.Cl.Cl. The molecule has 0 aromatic heterocycles. The van der Waals surface area contributed by atoms with E-state index >= 15 is 0 Å². The summed E-state index contributed by atoms with van der Waals surface area (Å²) in [5.41, 5.74) is 2.47. The fourth-order valence-electron chi connectivity index (χ4n) is 2.07. The average molecular weight is 328 g/mol. The van der Waals surface area contributed by atoms with Gasteiger partial charge in [0, 0.05) is 32.7 Å². The highest BCUT2D eigenvalue weighted by molar-refractivity contribution is 6.07. The van der Waals surface area contributed by atoms with E-state index in [1.54, 1.807) is 0 Å². The molecule has 1 fully saturated rings. The van der Waals surface area contributed by atoms with E-state index in [9.17, 15) is 0 Å². The molecular weight excluding hydrogens is 307 g/mol. The van der Waals surface area contributed by atoms with Crippen molar-refractivity contribution in [3.05, 3.63) is 35.4 Å². The molecule has 1 aromatic carbocycles. The van der Waals surface area contributed by atoms with Gasteiger partial charge >= 0.3 is 0 Å². The third-order valence-electron chi connectivity index (χ3n) is 3.25. The van der Waals surface area contributed by atoms with Crippen molar-refractivity contribution >= 4 is 36.7 Å². The molecule has 0 unspecified atom stereocenters. The maximum Gasteiger partial charge on any atom is 0.0933 e. The van der Waals surface area contributed by atoms with Gasteiger partial charge in [-0.05, 0) is 18.2 Å². The molecule has 1 saturated heterocycles. The quantitative estimate of drug-likeness (QED) is 0.845. The summed E-state index contributed by atoms with van der Waals surface area (Å²) in [7, 11) is 2.18. The molecule has 0 radical (unpaired) electrons. The maximum atomic E-state index is 5.23. The topological polar surface area (TPSA) is 15.7 Å². The Kier molecular flexibility index (Phi) is 9.79. The van der Waals surface area contributed by atoms with Crippen molar-refractivity contribution in [3.63, 3.8) is 0 Å². The standard InChI is InChI=1S/C13H19ClN2O.2ClH/c1-15-6-8-16(9-7-15)10-12-2-4-13(5-3-12)11-17-14;;/h2-5H,6-11H2,1H3;2*1H. The van der Waals surface area contributed by atoms with Gasteiger partial charge in [0.25, 0.3) is 0 Å². The first-order valence-electron chi connectivity index (χ1n) is 6.00. The van der Waals surface area contributed by atoms with Crippen molar-refractivity contribution in [2.45, 2.75) is 13.2 Å². The molecule has 6 heteroatoms. The predicted molar refractivity (Wildman–Crippen MR) is 84.4 cm³/mol. The summed E-state index contributed by atoms with van der Waals surface area (Å²) in [6.45, 7) is 6.15. The van der Waals surface area contributed by atoms with Crippen molar-refractivity contribution < 1.29 is 4.29 Å². The van der Waals surface area contributed by atoms with Gasteiger partial charge < -0.3 is 4.90 Å². The molecule has 1 aromatic rings. The van der Waals surface area contributed by atoms with E-state index in [1.165, 1.54) is 5.56 Å². The Hall–Kier alpha value is -0.0300. The van der Waals surface area contributed by atoms with Crippen molar-refractivity contribution in [2.24, 2.45) is 0 Å². The van der Waals surface area contributed by atoms with Crippen molar-refractivity contribution in [1.29, 1.82) is 0 Å². The lowest BCUT2D eigenvalue weighted by Crippen LogP contribution is -2.43. The molecule has 1 aliphatic heterocycles. The van der Waals surface area contributed by atoms with Gasteiger partial charge in [0.05, 0.1) is 18.5 Å². The molecule has 0 saturated carbocycles. The molecule has 1 aliphatic rings. The molecule has 0 aliphatic carbocycles. The van der Waals surface area contributed by atoms with Crippen LogP contribution in [-0.4, -0.2) is 43.0 Å². The van der Waals surface area contributed by atoms with Crippen LogP contribution in [-0.2, 0) is 17.4 Å². The largest absolute Gasteiger partial charge is 0.304 e. The van der Waals surface area contributed by atoms with E-state index in [0.717, 1.165) is 38.3 Å². The van der Waals surface area contributed by atoms with Gasteiger partial charge in [-0.25, -0.2) is 0 Å². The smallest absolute Gasteiger partial charge is 0.0933 e. The predicted octanol–water partition coefficient (Wildman–Crippen LogP) is 2.95. The number of hydrogen-bond acceptors (Lipinski definition) is 3. The van der Waals surface area contributed by atoms with Crippen LogP contribution in [0.15, 0.2) is 24.3 Å². The number of piperazine rings is 1. The summed E-state index contributed by atoms with van der Waals surface area (Å²) in [6, 6.07) is 8.47. The summed E-state index contributed by atoms with van der Waals surface area (Å²) in [5, 5.41) is 0. The van der Waals surface area contributed by atoms with E-state index in [0.29, 0.717) is 6.61 Å². The minimum Gasteiger partial charge on any atom is -0.304 e. The zero-order chi connectivity index (χ0) is 12.1. The van der Waals surface area contributed by atoms with E-state index in [-0.39, 0.29) is 24.8 Å². The number of benzene rings is 1. The van der Waals surface area contributed by atoms with Gasteiger partial charge in [-0.1, -0.05) is 24.3 Å². The Morgan fingerprint density at radius 3 is 2.05 bits per heavy atom. The first-order chi connectivity index (χ1) is 8.28. The maximum absolute atomic E-state index is 5.23. The zero-order valence-corrected chi connectivity index (χ0v) is 13.4. The molecule has 0 atom stereocenters. The second-order valence-corrected chi connectivity index (χ2v) is 4.87. The molecule has 0 spiro atoms. The third kappa shape index (κ3) is 6.30. The van der Waals surface area contributed by atoms with Crippen molar-refractivity contribution in [1.82, 2.24) is 9.80 Å². The van der Waals surface area contributed by atoms with Crippen LogP contribution in [0, 0.1) is 0 Å². The summed E-state index contributed by atoms with van der Waals surface area (Å²) in [6.07, 6.45) is 0. The summed E-state index contributed by atoms with van der Waals surface area (Å²) in [5.74, 6) is 0. The minimum atomic E-state index is 0. The Morgan fingerprint density at radius 2 is 1.53 bits per heavy atom. The third-order valence-corrected chi connectivity index (χ3v) is 3.36. The molecule has 3 nitrogen and oxygen atoms in total. The number of halogens is 3. The molecule has 0 N–H and O–H groups in total. The summed E-state index contributed by atoms with van der Waals surface area (Å²) < 4.78 is 4.59. The van der Waals surface area contributed by atoms with Crippen LogP contribution < -0.4 is 0 Å². The fourth-order valence-corrected chi connectivity index (χ4v) is 2.19. The number of likely N-dealkylation sites (N-methyl/N-ethyl adjacent to an activating group) is 1. The minimum absolute atomic E-state index is 0. The van der Waals surface area contributed by atoms with Crippen LogP contribution in [0.4, 0.5) is 0 Å². The van der Waals surface area contributed by atoms with Crippen LogP contribution in [0.25, 0.3) is 0 Å². The average Bonchev–Trinajstić information content (AvgIpc) is 2.35. The number of hydrogen-bond donors (Lipinski definition) is 0. The Bertz CT molecular complexity index is 340. The van der Waals surface area contributed by atoms with Gasteiger partial charge in [-0.2, -0.15) is 0 Å². The highest BCUT2D eigenvalue weighted by Gasteiger charge is 2.13. The number of rotatable bonds is 4. The van der Waals surface area contributed by atoms with Crippen LogP contribution in [0.1, 0.15) is 11.1 Å². The fraction of sp³-hybridized carbons (Fsp3) is 0.538. The molecule has 19 heavy (non-hydrogen) atoms. The van der Waals surface area contributed by atoms with Gasteiger partial charge in [0.15, 0.2) is 0 Å². The lowest BCUT2D eigenvalue weighted by Gasteiger charge is -2.32. The van der Waals surface area contributed by atoms with E-state index < -0.39 is 0 Å². The second kappa shape index (κ2) is 9.81. The Labute approximate surface area is 132 Å².